The van der Waals surface area contributed by atoms with Crippen molar-refractivity contribution in [3.05, 3.63) is 52.1 Å². The van der Waals surface area contributed by atoms with E-state index in [1.807, 2.05) is 41.8 Å². The SMILES string of the molecule is CCCCCCCOc1ccccc1/C=N\n1c(-c2cccs2)n[nH]c1=S. The third kappa shape index (κ3) is 5.37. The van der Waals surface area contributed by atoms with Gasteiger partial charge in [-0.3, -0.25) is 0 Å². The lowest BCUT2D eigenvalue weighted by Gasteiger charge is -2.08. The molecule has 1 N–H and O–H groups in total. The molecule has 0 amide bonds. The van der Waals surface area contributed by atoms with Gasteiger partial charge < -0.3 is 4.74 Å². The summed E-state index contributed by atoms with van der Waals surface area (Å²) in [6.45, 7) is 2.95. The number of unbranched alkanes of at least 4 members (excludes halogenated alkanes) is 4. The number of ether oxygens (including phenoxy) is 1. The quantitative estimate of drug-likeness (QED) is 0.262. The van der Waals surface area contributed by atoms with Crippen molar-refractivity contribution in [3.63, 3.8) is 0 Å². The maximum absolute atomic E-state index is 5.97. The first kappa shape index (κ1) is 19.5. The Morgan fingerprint density at radius 1 is 1.19 bits per heavy atom. The number of hydrogen-bond donors (Lipinski definition) is 1. The largest absolute Gasteiger partial charge is 0.493 e. The minimum Gasteiger partial charge on any atom is -0.493 e. The average molecular weight is 401 g/mol. The highest BCUT2D eigenvalue weighted by molar-refractivity contribution is 7.71. The second-order valence-electron chi connectivity index (χ2n) is 6.19. The van der Waals surface area contributed by atoms with E-state index >= 15 is 0 Å². The molecule has 0 unspecified atom stereocenters. The molecule has 7 heteroatoms. The first-order valence-electron chi connectivity index (χ1n) is 9.27. The zero-order chi connectivity index (χ0) is 18.9. The molecule has 0 aliphatic rings. The van der Waals surface area contributed by atoms with E-state index in [-0.39, 0.29) is 0 Å². The molecule has 0 radical (unpaired) electrons. The van der Waals surface area contributed by atoms with E-state index in [1.54, 1.807) is 22.2 Å². The van der Waals surface area contributed by atoms with Crippen LogP contribution in [-0.4, -0.2) is 27.7 Å². The van der Waals surface area contributed by atoms with Crippen molar-refractivity contribution in [2.24, 2.45) is 5.10 Å². The van der Waals surface area contributed by atoms with Gasteiger partial charge in [0.15, 0.2) is 5.82 Å². The van der Waals surface area contributed by atoms with Crippen LogP contribution in [0, 0.1) is 4.77 Å². The van der Waals surface area contributed by atoms with Crippen LogP contribution in [0.4, 0.5) is 0 Å². The molecule has 0 saturated heterocycles. The lowest BCUT2D eigenvalue weighted by atomic mass is 10.2. The third-order valence-electron chi connectivity index (χ3n) is 4.13. The van der Waals surface area contributed by atoms with E-state index in [4.69, 9.17) is 17.0 Å². The van der Waals surface area contributed by atoms with Gasteiger partial charge in [0.05, 0.1) is 17.7 Å². The number of rotatable bonds is 10. The molecule has 0 atom stereocenters. The van der Waals surface area contributed by atoms with Crippen LogP contribution in [0.2, 0.25) is 0 Å². The van der Waals surface area contributed by atoms with E-state index in [2.05, 4.69) is 22.2 Å². The molecular formula is C20H24N4OS2. The Hall–Kier alpha value is -2.25. The summed E-state index contributed by atoms with van der Waals surface area (Å²) in [5.74, 6) is 1.55. The Labute approximate surface area is 168 Å². The van der Waals surface area contributed by atoms with Gasteiger partial charge in [0.1, 0.15) is 5.75 Å². The van der Waals surface area contributed by atoms with Crippen LogP contribution < -0.4 is 4.74 Å². The van der Waals surface area contributed by atoms with Crippen LogP contribution in [0.3, 0.4) is 0 Å². The van der Waals surface area contributed by atoms with Crippen molar-refractivity contribution < 1.29 is 4.74 Å². The standard InChI is InChI=1S/C20H24N4OS2/c1-2-3-4-5-8-13-25-17-11-7-6-10-16(17)15-21-24-19(22-23-20(24)26)18-12-9-14-27-18/h6-7,9-12,14-15H,2-5,8,13H2,1H3,(H,23,26)/b21-15-. The normalized spacial score (nSPS) is 11.3. The monoisotopic (exact) mass is 400 g/mol. The number of para-hydroxylation sites is 1. The lowest BCUT2D eigenvalue weighted by Crippen LogP contribution is -2.01. The number of thiophene rings is 1. The Morgan fingerprint density at radius 2 is 2.04 bits per heavy atom. The summed E-state index contributed by atoms with van der Waals surface area (Å²) in [7, 11) is 0. The number of benzene rings is 1. The topological polar surface area (TPSA) is 55.2 Å². The van der Waals surface area contributed by atoms with Crippen LogP contribution in [-0.2, 0) is 0 Å². The average Bonchev–Trinajstić information content (AvgIpc) is 3.33. The highest BCUT2D eigenvalue weighted by atomic mass is 32.1. The minimum absolute atomic E-state index is 0.462. The second-order valence-corrected chi connectivity index (χ2v) is 7.52. The Kier molecular flexibility index (Phi) is 7.36. The van der Waals surface area contributed by atoms with Gasteiger partial charge in [-0.25, -0.2) is 5.10 Å². The molecule has 3 aromatic rings. The number of aromatic amines is 1. The molecule has 0 bridgehead atoms. The summed E-state index contributed by atoms with van der Waals surface area (Å²) >= 11 is 6.92. The number of nitrogens with one attached hydrogen (secondary N) is 1. The first-order chi connectivity index (χ1) is 13.3. The first-order valence-corrected chi connectivity index (χ1v) is 10.6. The lowest BCUT2D eigenvalue weighted by molar-refractivity contribution is 0.304. The highest BCUT2D eigenvalue weighted by Gasteiger charge is 2.09. The van der Waals surface area contributed by atoms with Crippen molar-refractivity contribution in [3.8, 4) is 16.5 Å². The molecule has 2 aromatic heterocycles. The van der Waals surface area contributed by atoms with Gasteiger partial charge in [-0.2, -0.15) is 14.9 Å². The smallest absolute Gasteiger partial charge is 0.216 e. The predicted molar refractivity (Wildman–Crippen MR) is 114 cm³/mol. The van der Waals surface area contributed by atoms with Crippen LogP contribution in [0.1, 0.15) is 44.6 Å². The van der Waals surface area contributed by atoms with Gasteiger partial charge in [0.2, 0.25) is 4.77 Å². The summed E-state index contributed by atoms with van der Waals surface area (Å²) in [6, 6.07) is 11.9. The number of aromatic nitrogens is 3. The summed E-state index contributed by atoms with van der Waals surface area (Å²) in [5.41, 5.74) is 0.922. The van der Waals surface area contributed by atoms with Crippen molar-refractivity contribution in [1.29, 1.82) is 0 Å². The van der Waals surface area contributed by atoms with Gasteiger partial charge in [0.25, 0.3) is 0 Å². The molecule has 0 aliphatic carbocycles. The molecule has 142 valence electrons. The molecule has 0 aliphatic heterocycles. The van der Waals surface area contributed by atoms with Gasteiger partial charge in [0, 0.05) is 5.56 Å². The summed E-state index contributed by atoms with van der Waals surface area (Å²) < 4.78 is 8.08. The fraction of sp³-hybridized carbons (Fsp3) is 0.350. The van der Waals surface area contributed by atoms with E-state index in [0.717, 1.165) is 29.2 Å². The summed E-state index contributed by atoms with van der Waals surface area (Å²) in [5, 5.41) is 13.6. The molecular weight excluding hydrogens is 376 g/mol. The van der Waals surface area contributed by atoms with Crippen molar-refractivity contribution in [1.82, 2.24) is 14.9 Å². The van der Waals surface area contributed by atoms with Crippen molar-refractivity contribution in [2.45, 2.75) is 39.0 Å². The molecule has 1 aromatic carbocycles. The highest BCUT2D eigenvalue weighted by Crippen LogP contribution is 2.23. The van der Waals surface area contributed by atoms with E-state index in [1.165, 1.54) is 25.7 Å². The number of hydrogen-bond acceptors (Lipinski definition) is 5. The zero-order valence-corrected chi connectivity index (χ0v) is 17.1. The fourth-order valence-corrected chi connectivity index (χ4v) is 3.57. The molecule has 3 rings (SSSR count). The van der Waals surface area contributed by atoms with Crippen molar-refractivity contribution >= 4 is 29.8 Å². The number of nitrogens with zero attached hydrogens (tertiary/aromatic N) is 3. The maximum atomic E-state index is 5.97. The molecule has 27 heavy (non-hydrogen) atoms. The van der Waals surface area contributed by atoms with Crippen LogP contribution in [0.5, 0.6) is 5.75 Å². The maximum Gasteiger partial charge on any atom is 0.216 e. The second kappa shape index (κ2) is 10.2. The molecule has 0 spiro atoms. The molecule has 2 heterocycles. The Morgan fingerprint density at radius 3 is 2.85 bits per heavy atom. The van der Waals surface area contributed by atoms with E-state index < -0.39 is 0 Å². The summed E-state index contributed by atoms with van der Waals surface area (Å²) in [4.78, 5) is 1.01. The predicted octanol–water partition coefficient (Wildman–Crippen LogP) is 5.90. The number of H-pyrrole nitrogens is 1. The van der Waals surface area contributed by atoms with Crippen molar-refractivity contribution in [2.75, 3.05) is 6.61 Å². The fourth-order valence-electron chi connectivity index (χ4n) is 2.69. The molecule has 5 nitrogen and oxygen atoms in total. The van der Waals surface area contributed by atoms with Gasteiger partial charge in [-0.1, -0.05) is 50.8 Å². The molecule has 0 fully saturated rings. The molecule has 0 saturated carbocycles. The van der Waals surface area contributed by atoms with Gasteiger partial charge in [-0.05, 0) is 42.2 Å². The minimum atomic E-state index is 0.462. The van der Waals surface area contributed by atoms with Gasteiger partial charge in [-0.15, -0.1) is 11.3 Å². The Balaban J connectivity index is 1.70. The third-order valence-corrected chi connectivity index (χ3v) is 5.26. The zero-order valence-electron chi connectivity index (χ0n) is 15.4. The van der Waals surface area contributed by atoms with E-state index in [0.29, 0.717) is 10.6 Å². The van der Waals surface area contributed by atoms with E-state index in [9.17, 15) is 0 Å². The van der Waals surface area contributed by atoms with Gasteiger partial charge >= 0.3 is 0 Å². The van der Waals surface area contributed by atoms with Crippen LogP contribution in [0.25, 0.3) is 10.7 Å². The summed E-state index contributed by atoms with van der Waals surface area (Å²) in [6.07, 6.45) is 7.87. The Bertz CT molecular complexity index is 912. The van der Waals surface area contributed by atoms with Crippen LogP contribution in [0.15, 0.2) is 46.9 Å². The van der Waals surface area contributed by atoms with Crippen LogP contribution >= 0.6 is 23.6 Å².